The summed E-state index contributed by atoms with van der Waals surface area (Å²) >= 11 is 0. The second-order valence-corrected chi connectivity index (χ2v) is 3.98. The van der Waals surface area contributed by atoms with Gasteiger partial charge < -0.3 is 0 Å². The first-order valence-corrected chi connectivity index (χ1v) is 5.65. The molecule has 0 atom stereocenters. The average Bonchev–Trinajstić information content (AvgIpc) is 2.39. The SMILES string of the molecule is O=C(CC(=O)c1ccccc1F)c1ccccc1F. The molecule has 19 heavy (non-hydrogen) atoms. The zero-order valence-electron chi connectivity index (χ0n) is 9.90. The summed E-state index contributed by atoms with van der Waals surface area (Å²) in [6.07, 6.45) is -0.554. The number of halogens is 2. The van der Waals surface area contributed by atoms with Gasteiger partial charge in [-0.3, -0.25) is 9.59 Å². The molecule has 4 heteroatoms. The largest absolute Gasteiger partial charge is 0.294 e. The van der Waals surface area contributed by atoms with Crippen LogP contribution in [-0.2, 0) is 0 Å². The van der Waals surface area contributed by atoms with Crippen LogP contribution in [0.3, 0.4) is 0 Å². The maximum Gasteiger partial charge on any atom is 0.173 e. The van der Waals surface area contributed by atoms with Crippen molar-refractivity contribution in [1.82, 2.24) is 0 Å². The molecule has 0 saturated carbocycles. The Hall–Kier alpha value is -2.36. The zero-order chi connectivity index (χ0) is 13.8. The minimum absolute atomic E-state index is 0.160. The molecule has 0 saturated heterocycles. The fourth-order valence-electron chi connectivity index (χ4n) is 1.71. The number of carbonyl (C=O) groups excluding carboxylic acids is 2. The highest BCUT2D eigenvalue weighted by atomic mass is 19.1. The third-order valence-corrected chi connectivity index (χ3v) is 2.67. The van der Waals surface area contributed by atoms with Crippen LogP contribution in [0.25, 0.3) is 0 Å². The Morgan fingerprint density at radius 1 is 0.737 bits per heavy atom. The van der Waals surface area contributed by atoms with Gasteiger partial charge in [-0.25, -0.2) is 8.78 Å². The van der Waals surface area contributed by atoms with Crippen LogP contribution in [0.1, 0.15) is 27.1 Å². The number of ketones is 2. The summed E-state index contributed by atoms with van der Waals surface area (Å²) in [6.45, 7) is 0. The van der Waals surface area contributed by atoms with E-state index in [9.17, 15) is 18.4 Å². The van der Waals surface area contributed by atoms with E-state index in [-0.39, 0.29) is 11.1 Å². The van der Waals surface area contributed by atoms with Crippen LogP contribution in [0.2, 0.25) is 0 Å². The van der Waals surface area contributed by atoms with E-state index in [1.54, 1.807) is 0 Å². The van der Waals surface area contributed by atoms with Gasteiger partial charge in [0.1, 0.15) is 11.6 Å². The maximum atomic E-state index is 13.4. The third kappa shape index (κ3) is 2.91. The predicted molar refractivity (Wildman–Crippen MR) is 66.1 cm³/mol. The van der Waals surface area contributed by atoms with Crippen LogP contribution in [0.4, 0.5) is 8.78 Å². The quantitative estimate of drug-likeness (QED) is 0.623. The lowest BCUT2D eigenvalue weighted by molar-refractivity contribution is 0.0890. The van der Waals surface area contributed by atoms with E-state index < -0.39 is 29.6 Å². The molecule has 0 aliphatic heterocycles. The van der Waals surface area contributed by atoms with E-state index in [4.69, 9.17) is 0 Å². The molecule has 0 spiro atoms. The van der Waals surface area contributed by atoms with Crippen LogP contribution in [0, 0.1) is 11.6 Å². The summed E-state index contributed by atoms with van der Waals surface area (Å²) in [5, 5.41) is 0. The first-order valence-electron chi connectivity index (χ1n) is 5.65. The van der Waals surface area contributed by atoms with Gasteiger partial charge in [-0.1, -0.05) is 24.3 Å². The molecule has 0 radical (unpaired) electrons. The minimum atomic E-state index is -0.686. The fraction of sp³-hybridized carbons (Fsp3) is 0.0667. The highest BCUT2D eigenvalue weighted by molar-refractivity contribution is 6.13. The van der Waals surface area contributed by atoms with Crippen molar-refractivity contribution in [1.29, 1.82) is 0 Å². The molecule has 0 unspecified atom stereocenters. The van der Waals surface area contributed by atoms with Crippen molar-refractivity contribution in [3.63, 3.8) is 0 Å². The highest BCUT2D eigenvalue weighted by Crippen LogP contribution is 2.14. The molecule has 0 aliphatic carbocycles. The number of Topliss-reactive ketones (excluding diaryl/α,β-unsaturated/α-hetero) is 2. The summed E-state index contributed by atoms with van der Waals surface area (Å²) < 4.78 is 26.7. The van der Waals surface area contributed by atoms with Gasteiger partial charge in [0, 0.05) is 0 Å². The van der Waals surface area contributed by atoms with Gasteiger partial charge in [0.25, 0.3) is 0 Å². The Morgan fingerprint density at radius 2 is 1.11 bits per heavy atom. The Bertz CT molecular complexity index is 580. The number of hydrogen-bond donors (Lipinski definition) is 0. The van der Waals surface area contributed by atoms with Gasteiger partial charge in [0.2, 0.25) is 0 Å². The lowest BCUT2D eigenvalue weighted by Crippen LogP contribution is -2.11. The molecule has 2 rings (SSSR count). The molecule has 0 amide bonds. The van der Waals surface area contributed by atoms with Crippen molar-refractivity contribution in [2.45, 2.75) is 6.42 Å². The van der Waals surface area contributed by atoms with Crippen LogP contribution >= 0.6 is 0 Å². The summed E-state index contributed by atoms with van der Waals surface area (Å²) in [5.41, 5.74) is -0.320. The first kappa shape index (κ1) is 13.1. The highest BCUT2D eigenvalue weighted by Gasteiger charge is 2.18. The van der Waals surface area contributed by atoms with Crippen molar-refractivity contribution >= 4 is 11.6 Å². The van der Waals surface area contributed by atoms with Gasteiger partial charge >= 0.3 is 0 Å². The lowest BCUT2D eigenvalue weighted by Gasteiger charge is -2.03. The number of benzene rings is 2. The monoisotopic (exact) mass is 260 g/mol. The molecule has 96 valence electrons. The van der Waals surface area contributed by atoms with Crippen molar-refractivity contribution < 1.29 is 18.4 Å². The first-order chi connectivity index (χ1) is 9.09. The van der Waals surface area contributed by atoms with Crippen LogP contribution in [-0.4, -0.2) is 11.6 Å². The average molecular weight is 260 g/mol. The van der Waals surface area contributed by atoms with Crippen LogP contribution in [0.5, 0.6) is 0 Å². The molecule has 2 nitrogen and oxygen atoms in total. The van der Waals surface area contributed by atoms with Gasteiger partial charge in [-0.2, -0.15) is 0 Å². The van der Waals surface area contributed by atoms with Crippen LogP contribution in [0.15, 0.2) is 48.5 Å². The molecule has 2 aromatic rings. The van der Waals surface area contributed by atoms with Crippen LogP contribution < -0.4 is 0 Å². The van der Waals surface area contributed by atoms with Crippen molar-refractivity contribution in [2.24, 2.45) is 0 Å². The number of rotatable bonds is 4. The summed E-state index contributed by atoms with van der Waals surface area (Å²) in [6, 6.07) is 10.8. The van der Waals surface area contributed by atoms with Gasteiger partial charge in [0.15, 0.2) is 11.6 Å². The minimum Gasteiger partial charge on any atom is -0.294 e. The van der Waals surface area contributed by atoms with Crippen molar-refractivity contribution in [3.05, 3.63) is 71.3 Å². The van der Waals surface area contributed by atoms with E-state index in [2.05, 4.69) is 0 Å². The summed E-state index contributed by atoms with van der Waals surface area (Å²) in [4.78, 5) is 23.6. The van der Waals surface area contributed by atoms with Crippen molar-refractivity contribution in [3.8, 4) is 0 Å². The smallest absolute Gasteiger partial charge is 0.173 e. The fourth-order valence-corrected chi connectivity index (χ4v) is 1.71. The number of hydrogen-bond acceptors (Lipinski definition) is 2. The van der Waals surface area contributed by atoms with Gasteiger partial charge in [0.05, 0.1) is 17.5 Å². The van der Waals surface area contributed by atoms with E-state index >= 15 is 0 Å². The molecule has 0 aromatic heterocycles. The topological polar surface area (TPSA) is 34.1 Å². The Kier molecular flexibility index (Phi) is 3.80. The molecule has 0 heterocycles. The summed E-state index contributed by atoms with van der Waals surface area (Å²) in [7, 11) is 0. The summed E-state index contributed by atoms with van der Waals surface area (Å²) in [5.74, 6) is -2.69. The van der Waals surface area contributed by atoms with E-state index in [1.165, 1.54) is 36.4 Å². The number of carbonyl (C=O) groups is 2. The molecule has 0 bridgehead atoms. The van der Waals surface area contributed by atoms with E-state index in [0.29, 0.717) is 0 Å². The van der Waals surface area contributed by atoms with Gasteiger partial charge in [-0.15, -0.1) is 0 Å². The molecular weight excluding hydrogens is 250 g/mol. The molecular formula is C15H10F2O2. The van der Waals surface area contributed by atoms with Crippen molar-refractivity contribution in [2.75, 3.05) is 0 Å². The predicted octanol–water partition coefficient (Wildman–Crippen LogP) is 3.42. The van der Waals surface area contributed by atoms with E-state index in [0.717, 1.165) is 12.1 Å². The Morgan fingerprint density at radius 3 is 1.47 bits per heavy atom. The molecule has 0 N–H and O–H groups in total. The normalized spacial score (nSPS) is 10.2. The Labute approximate surface area is 108 Å². The standard InChI is InChI=1S/C15H10F2O2/c16-12-7-3-1-5-10(12)14(18)9-15(19)11-6-2-4-8-13(11)17/h1-8H,9H2. The molecule has 2 aromatic carbocycles. The molecule has 0 fully saturated rings. The maximum absolute atomic E-state index is 13.4. The third-order valence-electron chi connectivity index (χ3n) is 2.67. The second kappa shape index (κ2) is 5.52. The lowest BCUT2D eigenvalue weighted by atomic mass is 10.0. The second-order valence-electron chi connectivity index (χ2n) is 3.98. The van der Waals surface area contributed by atoms with Gasteiger partial charge in [-0.05, 0) is 24.3 Å². The molecule has 0 aliphatic rings. The Balaban J connectivity index is 2.19. The van der Waals surface area contributed by atoms with E-state index in [1.807, 2.05) is 0 Å². The zero-order valence-corrected chi connectivity index (χ0v) is 9.90.